The third kappa shape index (κ3) is 6.72. The van der Waals surface area contributed by atoms with Gasteiger partial charge in [0.1, 0.15) is 5.82 Å². The zero-order valence-corrected chi connectivity index (χ0v) is 20.5. The molecule has 0 saturated carbocycles. The molecule has 0 fully saturated rings. The lowest BCUT2D eigenvalue weighted by atomic mass is 10.0. The molecule has 1 heterocycles. The molecule has 0 spiro atoms. The minimum Gasteiger partial charge on any atom is -0.478 e. The largest absolute Gasteiger partial charge is 0.478 e. The minimum absolute atomic E-state index is 0.00762. The number of hydrogen-bond donors (Lipinski definition) is 4. The number of amides is 2. The van der Waals surface area contributed by atoms with Crippen LogP contribution in [0, 0.1) is 5.92 Å². The number of thioether (sulfide) groups is 1. The van der Waals surface area contributed by atoms with Crippen molar-refractivity contribution < 1.29 is 19.5 Å². The van der Waals surface area contributed by atoms with E-state index in [0.29, 0.717) is 21.7 Å². The fourth-order valence-electron chi connectivity index (χ4n) is 2.96. The molecule has 3 aromatic rings. The molecule has 4 N–H and O–H groups in total. The van der Waals surface area contributed by atoms with E-state index in [1.807, 2.05) is 13.8 Å². The first-order chi connectivity index (χ1) is 16.1. The van der Waals surface area contributed by atoms with Crippen LogP contribution in [0.4, 0.5) is 5.69 Å². The second kappa shape index (κ2) is 11.4. The molecule has 2 aromatic carbocycles. The highest BCUT2D eigenvalue weighted by Crippen LogP contribution is 2.25. The summed E-state index contributed by atoms with van der Waals surface area (Å²) in [5.41, 5.74) is 0.741. The molecule has 0 radical (unpaired) electrons. The number of rotatable bonds is 9. The second-order valence-electron chi connectivity index (χ2n) is 7.55. The lowest BCUT2D eigenvalue weighted by Gasteiger charge is -2.20. The number of anilines is 1. The molecule has 12 heteroatoms. The van der Waals surface area contributed by atoms with Crippen molar-refractivity contribution >= 4 is 58.4 Å². The summed E-state index contributed by atoms with van der Waals surface area (Å²) < 4.78 is 0. The number of aromatic amines is 1. The molecule has 3 rings (SSSR count). The molecule has 34 heavy (non-hydrogen) atoms. The Morgan fingerprint density at radius 2 is 1.91 bits per heavy atom. The average Bonchev–Trinajstić information content (AvgIpc) is 3.24. The maximum Gasteiger partial charge on any atom is 0.335 e. The summed E-state index contributed by atoms with van der Waals surface area (Å²) in [6.07, 6.45) is 0. The van der Waals surface area contributed by atoms with E-state index in [9.17, 15) is 14.4 Å². The van der Waals surface area contributed by atoms with Crippen LogP contribution in [-0.4, -0.2) is 43.8 Å². The number of nitrogens with one attached hydrogen (secondary N) is 3. The van der Waals surface area contributed by atoms with Crippen LogP contribution in [-0.2, 0) is 4.79 Å². The molecule has 0 bridgehead atoms. The summed E-state index contributed by atoms with van der Waals surface area (Å²) in [7, 11) is 0. The van der Waals surface area contributed by atoms with Crippen molar-refractivity contribution in [1.29, 1.82) is 0 Å². The zero-order chi connectivity index (χ0) is 24.8. The topological polar surface area (TPSA) is 137 Å². The number of aromatic carboxylic acids is 1. The smallest absolute Gasteiger partial charge is 0.335 e. The maximum atomic E-state index is 12.7. The van der Waals surface area contributed by atoms with Crippen LogP contribution >= 0.6 is 35.0 Å². The van der Waals surface area contributed by atoms with E-state index in [2.05, 4.69) is 25.8 Å². The lowest BCUT2D eigenvalue weighted by molar-refractivity contribution is -0.113. The van der Waals surface area contributed by atoms with Gasteiger partial charge in [0.25, 0.3) is 5.91 Å². The Morgan fingerprint density at radius 1 is 1.15 bits per heavy atom. The van der Waals surface area contributed by atoms with Gasteiger partial charge in [-0.2, -0.15) is 0 Å². The molecule has 0 unspecified atom stereocenters. The standard InChI is InChI=1S/C22H21Cl2N5O4S/c1-11(2)18(26-20(31)15-7-6-13(23)9-16(15)24)19-27-22(29-28-19)34-10-17(30)25-14-5-3-4-12(8-14)21(32)33/h3-9,11,18H,10H2,1-2H3,(H,25,30)(H,26,31)(H,32,33)(H,27,28,29)/t18-/m1/s1. The highest BCUT2D eigenvalue weighted by Gasteiger charge is 2.24. The molecule has 2 amide bonds. The van der Waals surface area contributed by atoms with Gasteiger partial charge in [-0.05, 0) is 42.3 Å². The Hall–Kier alpha value is -3.08. The van der Waals surface area contributed by atoms with Crippen molar-refractivity contribution in [3.63, 3.8) is 0 Å². The van der Waals surface area contributed by atoms with Crippen molar-refractivity contribution in [3.05, 3.63) is 69.5 Å². The number of halogens is 2. The molecule has 1 aromatic heterocycles. The average molecular weight is 522 g/mol. The van der Waals surface area contributed by atoms with Crippen molar-refractivity contribution in [2.45, 2.75) is 25.0 Å². The quantitative estimate of drug-likeness (QED) is 0.300. The van der Waals surface area contributed by atoms with E-state index in [1.54, 1.807) is 24.3 Å². The summed E-state index contributed by atoms with van der Waals surface area (Å²) in [4.78, 5) is 40.4. The Bertz CT molecular complexity index is 1220. The number of nitrogens with zero attached hydrogens (tertiary/aromatic N) is 2. The van der Waals surface area contributed by atoms with E-state index in [-0.39, 0.29) is 39.6 Å². The van der Waals surface area contributed by atoms with Gasteiger partial charge in [0.05, 0.1) is 27.9 Å². The van der Waals surface area contributed by atoms with E-state index in [0.717, 1.165) is 11.8 Å². The summed E-state index contributed by atoms with van der Waals surface area (Å²) in [6, 6.07) is 10.1. The summed E-state index contributed by atoms with van der Waals surface area (Å²) in [5, 5.41) is 22.5. The first-order valence-corrected chi connectivity index (χ1v) is 11.8. The van der Waals surface area contributed by atoms with Gasteiger partial charge < -0.3 is 15.7 Å². The maximum absolute atomic E-state index is 12.7. The SMILES string of the molecule is CC(C)[C@@H](NC(=O)c1ccc(Cl)cc1Cl)c1nc(SCC(=O)Nc2cccc(C(=O)O)c2)n[nH]1. The van der Waals surface area contributed by atoms with Gasteiger partial charge in [-0.15, -0.1) is 5.10 Å². The highest BCUT2D eigenvalue weighted by atomic mass is 35.5. The van der Waals surface area contributed by atoms with Crippen molar-refractivity contribution in [1.82, 2.24) is 20.5 Å². The minimum atomic E-state index is -1.08. The Labute approximate surface area is 209 Å². The Morgan fingerprint density at radius 3 is 2.59 bits per heavy atom. The van der Waals surface area contributed by atoms with Gasteiger partial charge >= 0.3 is 5.97 Å². The number of aromatic nitrogens is 3. The molecule has 1 atom stereocenters. The number of carbonyl (C=O) groups is 3. The predicted octanol–water partition coefficient (Wildman–Crippen LogP) is 4.67. The van der Waals surface area contributed by atoms with Gasteiger partial charge in [0.15, 0.2) is 0 Å². The third-order valence-corrected chi connectivity index (χ3v) is 6.03. The van der Waals surface area contributed by atoms with Gasteiger partial charge in [-0.3, -0.25) is 14.7 Å². The normalized spacial score (nSPS) is 11.8. The molecule has 0 saturated heterocycles. The van der Waals surface area contributed by atoms with E-state index in [1.165, 1.54) is 18.2 Å². The number of carboxylic acids is 1. The van der Waals surface area contributed by atoms with E-state index < -0.39 is 12.0 Å². The summed E-state index contributed by atoms with van der Waals surface area (Å²) in [6.45, 7) is 3.84. The van der Waals surface area contributed by atoms with Crippen LogP contribution in [0.25, 0.3) is 0 Å². The van der Waals surface area contributed by atoms with Gasteiger partial charge in [0, 0.05) is 10.7 Å². The highest BCUT2D eigenvalue weighted by molar-refractivity contribution is 7.99. The molecular weight excluding hydrogens is 501 g/mol. The van der Waals surface area contributed by atoms with Crippen LogP contribution in [0.5, 0.6) is 0 Å². The molecule has 0 aliphatic heterocycles. The van der Waals surface area contributed by atoms with Crippen molar-refractivity contribution in [2.75, 3.05) is 11.1 Å². The number of H-pyrrole nitrogens is 1. The van der Waals surface area contributed by atoms with Gasteiger partial charge in [-0.1, -0.05) is 54.9 Å². The predicted molar refractivity (Wildman–Crippen MR) is 131 cm³/mol. The number of benzene rings is 2. The fourth-order valence-corrected chi connectivity index (χ4v) is 4.06. The first kappa shape index (κ1) is 25.5. The molecule has 0 aliphatic rings. The van der Waals surface area contributed by atoms with Crippen LogP contribution < -0.4 is 10.6 Å². The molecule has 9 nitrogen and oxygen atoms in total. The van der Waals surface area contributed by atoms with E-state index >= 15 is 0 Å². The summed E-state index contributed by atoms with van der Waals surface area (Å²) >= 11 is 13.1. The number of carboxylic acid groups (broad SMARTS) is 1. The fraction of sp³-hybridized carbons (Fsp3) is 0.227. The van der Waals surface area contributed by atoms with Crippen molar-refractivity contribution in [3.8, 4) is 0 Å². The molecule has 0 aliphatic carbocycles. The Kier molecular flexibility index (Phi) is 8.54. The number of hydrogen-bond acceptors (Lipinski definition) is 6. The number of carbonyl (C=O) groups excluding carboxylic acids is 2. The van der Waals surface area contributed by atoms with Crippen LogP contribution in [0.2, 0.25) is 10.0 Å². The third-order valence-electron chi connectivity index (χ3n) is 4.63. The van der Waals surface area contributed by atoms with Crippen molar-refractivity contribution in [2.24, 2.45) is 5.92 Å². The molecular formula is C22H21Cl2N5O4S. The monoisotopic (exact) mass is 521 g/mol. The van der Waals surface area contributed by atoms with Gasteiger partial charge in [0.2, 0.25) is 11.1 Å². The van der Waals surface area contributed by atoms with Crippen LogP contribution in [0.15, 0.2) is 47.6 Å². The Balaban J connectivity index is 1.62. The van der Waals surface area contributed by atoms with Gasteiger partial charge in [-0.25, -0.2) is 9.78 Å². The second-order valence-corrected chi connectivity index (χ2v) is 9.33. The zero-order valence-electron chi connectivity index (χ0n) is 18.1. The summed E-state index contributed by atoms with van der Waals surface area (Å²) in [5.74, 6) is -1.38. The van der Waals surface area contributed by atoms with Crippen LogP contribution in [0.3, 0.4) is 0 Å². The first-order valence-electron chi connectivity index (χ1n) is 10.1. The molecule has 178 valence electrons. The van der Waals surface area contributed by atoms with E-state index in [4.69, 9.17) is 28.3 Å². The van der Waals surface area contributed by atoms with Crippen LogP contribution in [0.1, 0.15) is 46.4 Å². The lowest BCUT2D eigenvalue weighted by Crippen LogP contribution is -2.32.